The molecule has 2 aromatic heterocycles. The van der Waals surface area contributed by atoms with Crippen molar-refractivity contribution in [3.8, 4) is 0 Å². The number of nitrogens with two attached hydrogens (primary N) is 1. The number of aromatic nitrogens is 4. The fourth-order valence-electron chi connectivity index (χ4n) is 4.36. The Hall–Kier alpha value is -2.24. The van der Waals surface area contributed by atoms with E-state index in [1.807, 2.05) is 6.92 Å². The molecule has 0 amide bonds. The molecular formula is C20H26FN5. The summed E-state index contributed by atoms with van der Waals surface area (Å²) in [6.07, 6.45) is 12.3. The Morgan fingerprint density at radius 1 is 1.27 bits per heavy atom. The van der Waals surface area contributed by atoms with Crippen LogP contribution in [0.15, 0.2) is 24.3 Å². The Morgan fingerprint density at radius 3 is 2.73 bits per heavy atom. The van der Waals surface area contributed by atoms with Crippen LogP contribution in [-0.2, 0) is 0 Å². The van der Waals surface area contributed by atoms with Gasteiger partial charge in [0.25, 0.3) is 0 Å². The lowest BCUT2D eigenvalue weighted by Crippen LogP contribution is -2.14. The summed E-state index contributed by atoms with van der Waals surface area (Å²) in [5.41, 5.74) is 9.06. The van der Waals surface area contributed by atoms with Crippen molar-refractivity contribution in [1.29, 1.82) is 0 Å². The minimum Gasteiger partial charge on any atom is -0.383 e. The number of halogens is 1. The van der Waals surface area contributed by atoms with Crippen LogP contribution >= 0.6 is 0 Å². The normalized spacial score (nSPS) is 25.0. The van der Waals surface area contributed by atoms with Gasteiger partial charge in [-0.05, 0) is 56.6 Å². The average molecular weight is 355 g/mol. The largest absolute Gasteiger partial charge is 0.383 e. The Balaban J connectivity index is 1.78. The molecule has 2 aliphatic rings. The molecule has 2 saturated carbocycles. The third-order valence-corrected chi connectivity index (χ3v) is 5.71. The van der Waals surface area contributed by atoms with Gasteiger partial charge in [0, 0.05) is 0 Å². The van der Waals surface area contributed by atoms with Crippen LogP contribution in [0.4, 0.5) is 10.2 Å². The molecular weight excluding hydrogens is 329 g/mol. The van der Waals surface area contributed by atoms with Gasteiger partial charge in [0.05, 0.1) is 17.3 Å². The topological polar surface area (TPSA) is 69.6 Å². The van der Waals surface area contributed by atoms with E-state index < -0.39 is 0 Å². The minimum absolute atomic E-state index is 0.117. The molecule has 2 unspecified atom stereocenters. The van der Waals surface area contributed by atoms with Crippen molar-refractivity contribution >= 4 is 22.4 Å². The van der Waals surface area contributed by atoms with Crippen LogP contribution in [0.3, 0.4) is 0 Å². The summed E-state index contributed by atoms with van der Waals surface area (Å²) in [4.78, 5) is 8.72. The molecule has 138 valence electrons. The second-order valence-electron chi connectivity index (χ2n) is 7.55. The van der Waals surface area contributed by atoms with Crippen molar-refractivity contribution in [2.45, 2.75) is 58.4 Å². The van der Waals surface area contributed by atoms with E-state index in [-0.39, 0.29) is 11.7 Å². The Morgan fingerprint density at radius 2 is 2.04 bits per heavy atom. The van der Waals surface area contributed by atoms with E-state index >= 15 is 0 Å². The first-order valence-electron chi connectivity index (χ1n) is 9.59. The standard InChI is InChI=1S/C20H26FN5/c1-3-15(16-10-13(16)9-12(2)21)18-17-19(22)23-11-24-20(17)26(25-18)14-7-5-4-6-8-14/h3,9,11,13-14,16H,4-8,10H2,1-2H3,(H2,22,23,24)/b12-9+,15-3+. The first kappa shape index (κ1) is 17.2. The Kier molecular flexibility index (Phi) is 4.51. The molecule has 0 saturated heterocycles. The van der Waals surface area contributed by atoms with Gasteiger partial charge in [0.15, 0.2) is 5.65 Å². The van der Waals surface area contributed by atoms with Crippen LogP contribution in [0.5, 0.6) is 0 Å². The third-order valence-electron chi connectivity index (χ3n) is 5.71. The van der Waals surface area contributed by atoms with E-state index in [0.717, 1.165) is 41.6 Å². The van der Waals surface area contributed by atoms with Gasteiger partial charge in [-0.25, -0.2) is 19.0 Å². The number of hydrogen-bond donors (Lipinski definition) is 1. The monoisotopic (exact) mass is 355 g/mol. The quantitative estimate of drug-likeness (QED) is 0.853. The summed E-state index contributed by atoms with van der Waals surface area (Å²) >= 11 is 0. The minimum atomic E-state index is -0.117. The maximum absolute atomic E-state index is 13.3. The molecule has 5 nitrogen and oxygen atoms in total. The number of nitrogen functional groups attached to an aromatic ring is 1. The Bertz CT molecular complexity index is 872. The number of hydrogen-bond acceptors (Lipinski definition) is 4. The maximum atomic E-state index is 13.3. The SMILES string of the molecule is C/C=C(/c1nn(C2CCCCC2)c2ncnc(N)c12)C1CC1/C=C(\C)F. The summed E-state index contributed by atoms with van der Waals surface area (Å²) in [6, 6.07) is 0.371. The van der Waals surface area contributed by atoms with Gasteiger partial charge >= 0.3 is 0 Å². The maximum Gasteiger partial charge on any atom is 0.164 e. The first-order valence-corrected chi connectivity index (χ1v) is 9.59. The molecule has 0 radical (unpaired) electrons. The fourth-order valence-corrected chi connectivity index (χ4v) is 4.36. The highest BCUT2D eigenvalue weighted by Crippen LogP contribution is 2.50. The van der Waals surface area contributed by atoms with Crippen LogP contribution in [-0.4, -0.2) is 19.7 Å². The highest BCUT2D eigenvalue weighted by molar-refractivity contribution is 5.96. The lowest BCUT2D eigenvalue weighted by atomic mass is 9.96. The number of allylic oxidation sites excluding steroid dienone is 4. The van der Waals surface area contributed by atoms with E-state index in [0.29, 0.717) is 17.8 Å². The lowest BCUT2D eigenvalue weighted by Gasteiger charge is -2.22. The predicted molar refractivity (Wildman–Crippen MR) is 102 cm³/mol. The number of fused-ring (bicyclic) bond motifs is 1. The third kappa shape index (κ3) is 3.02. The van der Waals surface area contributed by atoms with Crippen LogP contribution in [0, 0.1) is 11.8 Å². The van der Waals surface area contributed by atoms with E-state index in [2.05, 4.69) is 20.7 Å². The van der Waals surface area contributed by atoms with Crippen molar-refractivity contribution in [3.05, 3.63) is 30.0 Å². The second-order valence-corrected chi connectivity index (χ2v) is 7.55. The molecule has 2 aliphatic carbocycles. The van der Waals surface area contributed by atoms with Gasteiger partial charge in [-0.1, -0.05) is 25.3 Å². The van der Waals surface area contributed by atoms with E-state index in [9.17, 15) is 4.39 Å². The molecule has 2 atom stereocenters. The summed E-state index contributed by atoms with van der Waals surface area (Å²) in [6.45, 7) is 3.52. The van der Waals surface area contributed by atoms with Gasteiger partial charge in [-0.2, -0.15) is 5.10 Å². The number of rotatable bonds is 4. The van der Waals surface area contributed by atoms with E-state index in [4.69, 9.17) is 10.8 Å². The average Bonchev–Trinajstić information content (AvgIpc) is 3.25. The van der Waals surface area contributed by atoms with Gasteiger partial charge in [0.1, 0.15) is 17.8 Å². The molecule has 0 aliphatic heterocycles. The van der Waals surface area contributed by atoms with Crippen molar-refractivity contribution in [3.63, 3.8) is 0 Å². The van der Waals surface area contributed by atoms with Crippen LogP contribution < -0.4 is 5.73 Å². The first-order chi connectivity index (χ1) is 12.6. The second kappa shape index (κ2) is 6.82. The highest BCUT2D eigenvalue weighted by Gasteiger charge is 2.40. The summed E-state index contributed by atoms with van der Waals surface area (Å²) in [5.74, 6) is 0.893. The molecule has 2 aromatic rings. The lowest BCUT2D eigenvalue weighted by molar-refractivity contribution is 0.335. The van der Waals surface area contributed by atoms with E-state index in [1.54, 1.807) is 6.08 Å². The Labute approximate surface area is 153 Å². The predicted octanol–water partition coefficient (Wildman–Crippen LogP) is 4.83. The van der Waals surface area contributed by atoms with Crippen molar-refractivity contribution in [2.75, 3.05) is 5.73 Å². The molecule has 2 N–H and O–H groups in total. The number of anilines is 1. The molecule has 2 heterocycles. The summed E-state index contributed by atoms with van der Waals surface area (Å²) < 4.78 is 15.3. The molecule has 26 heavy (non-hydrogen) atoms. The smallest absolute Gasteiger partial charge is 0.164 e. The van der Waals surface area contributed by atoms with Gasteiger partial charge in [-0.3, -0.25) is 0 Å². The number of nitrogens with zero attached hydrogens (tertiary/aromatic N) is 4. The molecule has 6 heteroatoms. The molecule has 0 aromatic carbocycles. The van der Waals surface area contributed by atoms with Crippen molar-refractivity contribution < 1.29 is 4.39 Å². The van der Waals surface area contributed by atoms with Crippen LogP contribution in [0.2, 0.25) is 0 Å². The molecule has 0 bridgehead atoms. The zero-order valence-corrected chi connectivity index (χ0v) is 15.5. The highest BCUT2D eigenvalue weighted by atomic mass is 19.1. The van der Waals surface area contributed by atoms with Crippen molar-refractivity contribution in [2.24, 2.45) is 11.8 Å². The molecule has 4 rings (SSSR count). The zero-order valence-electron chi connectivity index (χ0n) is 15.5. The van der Waals surface area contributed by atoms with Gasteiger partial charge in [-0.15, -0.1) is 0 Å². The molecule has 0 spiro atoms. The molecule has 2 fully saturated rings. The van der Waals surface area contributed by atoms with Gasteiger partial charge in [0.2, 0.25) is 0 Å². The fraction of sp³-hybridized carbons (Fsp3) is 0.550. The summed E-state index contributed by atoms with van der Waals surface area (Å²) in [5, 5.41) is 5.82. The van der Waals surface area contributed by atoms with Crippen molar-refractivity contribution in [1.82, 2.24) is 19.7 Å². The van der Waals surface area contributed by atoms with Crippen LogP contribution in [0.25, 0.3) is 16.6 Å². The summed E-state index contributed by atoms with van der Waals surface area (Å²) in [7, 11) is 0. The van der Waals surface area contributed by atoms with Gasteiger partial charge < -0.3 is 5.73 Å². The van der Waals surface area contributed by atoms with Crippen LogP contribution in [0.1, 0.15) is 64.1 Å². The van der Waals surface area contributed by atoms with E-state index in [1.165, 1.54) is 32.5 Å². The zero-order chi connectivity index (χ0) is 18.3.